The predicted octanol–water partition coefficient (Wildman–Crippen LogP) is 10.2. The Kier molecular flexibility index (Phi) is 22.2. The van der Waals surface area contributed by atoms with Crippen LogP contribution in [0.2, 0.25) is 0 Å². The summed E-state index contributed by atoms with van der Waals surface area (Å²) in [6.45, 7) is 2.91. The van der Waals surface area contributed by atoms with Crippen LogP contribution < -0.4 is 0 Å². The van der Waals surface area contributed by atoms with Gasteiger partial charge in [-0.05, 0) is 37.7 Å². The van der Waals surface area contributed by atoms with E-state index in [0.717, 1.165) is 32.1 Å². The highest BCUT2D eigenvalue weighted by Gasteiger charge is 2.02. The van der Waals surface area contributed by atoms with Crippen LogP contribution in [0.3, 0.4) is 0 Å². The molecule has 0 heterocycles. The third kappa shape index (κ3) is 21.4. The molecule has 204 valence electrons. The number of ether oxygens (including phenoxy) is 1. The van der Waals surface area contributed by atoms with E-state index >= 15 is 0 Å². The normalized spacial score (nSPS) is 12.6. The molecule has 0 radical (unpaired) electrons. The van der Waals surface area contributed by atoms with Crippen molar-refractivity contribution < 1.29 is 14.6 Å². The van der Waals surface area contributed by atoms with Crippen LogP contribution in [0.15, 0.2) is 54.6 Å². The van der Waals surface area contributed by atoms with Gasteiger partial charge in [0, 0.05) is 6.42 Å². The van der Waals surface area contributed by atoms with E-state index < -0.39 is 5.97 Å². The monoisotopic (exact) mass is 498 g/mol. The Morgan fingerprint density at radius 1 is 0.722 bits per heavy atom. The molecule has 0 spiro atoms. The average molecular weight is 499 g/mol. The summed E-state index contributed by atoms with van der Waals surface area (Å²) in [5.41, 5.74) is 1.21. The van der Waals surface area contributed by atoms with Gasteiger partial charge in [-0.2, -0.15) is 0 Å². The quantitative estimate of drug-likeness (QED) is 0.108. The molecule has 0 saturated heterocycles. The molecule has 0 aromatic heterocycles. The SMILES string of the molecule is CCCCCCCCCCCC/C=C\[C@@H](/C=C\CCCCCCCCC(=O)O)OCc1ccccc1. The van der Waals surface area contributed by atoms with Crippen LogP contribution in [-0.4, -0.2) is 17.2 Å². The number of carboxylic acids is 1. The number of benzene rings is 1. The van der Waals surface area contributed by atoms with Gasteiger partial charge in [-0.1, -0.05) is 145 Å². The van der Waals surface area contributed by atoms with Crippen LogP contribution in [0, 0.1) is 0 Å². The molecular formula is C33H54O3. The fourth-order valence-corrected chi connectivity index (χ4v) is 4.40. The molecule has 1 aromatic carbocycles. The van der Waals surface area contributed by atoms with Crippen LogP contribution in [0.4, 0.5) is 0 Å². The lowest BCUT2D eigenvalue weighted by atomic mass is 10.1. The molecule has 0 aliphatic rings. The minimum absolute atomic E-state index is 0.0318. The minimum atomic E-state index is -0.679. The van der Waals surface area contributed by atoms with E-state index in [1.54, 1.807) is 0 Å². The fourth-order valence-electron chi connectivity index (χ4n) is 4.40. The first-order valence-corrected chi connectivity index (χ1v) is 14.9. The molecule has 0 aliphatic heterocycles. The van der Waals surface area contributed by atoms with Crippen LogP contribution in [0.25, 0.3) is 0 Å². The summed E-state index contributed by atoms with van der Waals surface area (Å²) in [5.74, 6) is -0.679. The molecule has 0 bridgehead atoms. The summed E-state index contributed by atoms with van der Waals surface area (Å²) in [7, 11) is 0. The molecule has 36 heavy (non-hydrogen) atoms. The zero-order valence-corrected chi connectivity index (χ0v) is 23.2. The summed E-state index contributed by atoms with van der Waals surface area (Å²) in [5, 5.41) is 8.69. The van der Waals surface area contributed by atoms with Crippen molar-refractivity contribution in [3.05, 3.63) is 60.2 Å². The highest BCUT2D eigenvalue weighted by Crippen LogP contribution is 2.13. The summed E-state index contributed by atoms with van der Waals surface area (Å²) in [6, 6.07) is 10.4. The maximum atomic E-state index is 10.5. The molecule has 1 atom stereocenters. The van der Waals surface area contributed by atoms with Crippen LogP contribution in [-0.2, 0) is 16.1 Å². The van der Waals surface area contributed by atoms with Crippen molar-refractivity contribution in [2.24, 2.45) is 0 Å². The first kappa shape index (κ1) is 32.2. The predicted molar refractivity (Wildman–Crippen MR) is 154 cm³/mol. The second-order valence-corrected chi connectivity index (χ2v) is 10.1. The lowest BCUT2D eigenvalue weighted by Gasteiger charge is -2.11. The summed E-state index contributed by atoms with van der Waals surface area (Å²) in [4.78, 5) is 10.5. The molecule has 0 unspecified atom stereocenters. The highest BCUT2D eigenvalue weighted by molar-refractivity contribution is 5.66. The Balaban J connectivity index is 2.22. The topological polar surface area (TPSA) is 46.5 Å². The maximum absolute atomic E-state index is 10.5. The van der Waals surface area contributed by atoms with Crippen molar-refractivity contribution in [3.63, 3.8) is 0 Å². The molecule has 1 aromatic rings. The van der Waals surface area contributed by atoms with Crippen molar-refractivity contribution in [3.8, 4) is 0 Å². The number of aliphatic carboxylic acids is 1. The Hall–Kier alpha value is -1.87. The van der Waals surface area contributed by atoms with Gasteiger partial charge in [-0.25, -0.2) is 0 Å². The average Bonchev–Trinajstić information content (AvgIpc) is 2.88. The number of carboxylic acid groups (broad SMARTS) is 1. The minimum Gasteiger partial charge on any atom is -0.481 e. The number of allylic oxidation sites excluding steroid dienone is 2. The third-order valence-electron chi connectivity index (χ3n) is 6.67. The van der Waals surface area contributed by atoms with Gasteiger partial charge >= 0.3 is 5.97 Å². The van der Waals surface area contributed by atoms with E-state index in [1.807, 2.05) is 6.07 Å². The van der Waals surface area contributed by atoms with Crippen molar-refractivity contribution >= 4 is 5.97 Å². The van der Waals surface area contributed by atoms with E-state index in [1.165, 1.54) is 89.0 Å². The molecule has 0 saturated carbocycles. The Bertz CT molecular complexity index is 665. The summed E-state index contributed by atoms with van der Waals surface area (Å²) in [6.07, 6.45) is 31.9. The molecule has 0 aliphatic carbocycles. The lowest BCUT2D eigenvalue weighted by molar-refractivity contribution is -0.137. The van der Waals surface area contributed by atoms with Gasteiger partial charge in [0.2, 0.25) is 0 Å². The van der Waals surface area contributed by atoms with Crippen molar-refractivity contribution in [1.82, 2.24) is 0 Å². The van der Waals surface area contributed by atoms with E-state index in [-0.39, 0.29) is 6.10 Å². The Morgan fingerprint density at radius 3 is 1.69 bits per heavy atom. The summed E-state index contributed by atoms with van der Waals surface area (Å²) >= 11 is 0. The second kappa shape index (κ2) is 24.8. The lowest BCUT2D eigenvalue weighted by Crippen LogP contribution is -2.06. The number of rotatable bonds is 25. The van der Waals surface area contributed by atoms with E-state index in [0.29, 0.717) is 13.0 Å². The molecule has 1 N–H and O–H groups in total. The smallest absolute Gasteiger partial charge is 0.303 e. The maximum Gasteiger partial charge on any atom is 0.303 e. The molecule has 3 nitrogen and oxygen atoms in total. The zero-order chi connectivity index (χ0) is 25.9. The molecule has 0 amide bonds. The van der Waals surface area contributed by atoms with Gasteiger partial charge in [0.05, 0.1) is 12.7 Å². The Morgan fingerprint density at radius 2 is 1.19 bits per heavy atom. The zero-order valence-electron chi connectivity index (χ0n) is 23.2. The van der Waals surface area contributed by atoms with Crippen LogP contribution >= 0.6 is 0 Å². The molecular weight excluding hydrogens is 444 g/mol. The Labute approximate surface area is 222 Å². The number of carbonyl (C=O) groups is 1. The van der Waals surface area contributed by atoms with E-state index in [2.05, 4.69) is 55.5 Å². The first-order chi connectivity index (χ1) is 17.7. The van der Waals surface area contributed by atoms with Crippen molar-refractivity contribution in [2.45, 2.75) is 142 Å². The summed E-state index contributed by atoms with van der Waals surface area (Å²) < 4.78 is 6.20. The van der Waals surface area contributed by atoms with Gasteiger partial charge in [-0.15, -0.1) is 0 Å². The number of unbranched alkanes of at least 4 members (excludes halogenated alkanes) is 16. The third-order valence-corrected chi connectivity index (χ3v) is 6.67. The standard InChI is InChI=1S/C33H54O3/c1-2-3-4-5-6-7-8-9-10-13-16-22-27-32(36-30-31-25-20-19-21-26-31)28-23-17-14-11-12-15-18-24-29-33(34)35/h19-23,25-28,32H,2-18,24,29-30H2,1H3,(H,34,35)/b27-22-,28-23-/t32-/m0/s1. The van der Waals surface area contributed by atoms with Gasteiger partial charge in [0.15, 0.2) is 0 Å². The highest BCUT2D eigenvalue weighted by atomic mass is 16.5. The van der Waals surface area contributed by atoms with Crippen LogP contribution in [0.1, 0.15) is 134 Å². The fraction of sp³-hybridized carbons (Fsp3) is 0.667. The second-order valence-electron chi connectivity index (χ2n) is 10.1. The van der Waals surface area contributed by atoms with Gasteiger partial charge in [0.25, 0.3) is 0 Å². The molecule has 1 rings (SSSR count). The van der Waals surface area contributed by atoms with Gasteiger partial charge in [0.1, 0.15) is 0 Å². The number of hydrogen-bond acceptors (Lipinski definition) is 2. The van der Waals surface area contributed by atoms with E-state index in [9.17, 15) is 4.79 Å². The first-order valence-electron chi connectivity index (χ1n) is 14.9. The molecule has 0 fully saturated rings. The largest absolute Gasteiger partial charge is 0.481 e. The van der Waals surface area contributed by atoms with E-state index in [4.69, 9.17) is 9.84 Å². The number of hydrogen-bond donors (Lipinski definition) is 1. The van der Waals surface area contributed by atoms with Crippen molar-refractivity contribution in [2.75, 3.05) is 0 Å². The van der Waals surface area contributed by atoms with Crippen LogP contribution in [0.5, 0.6) is 0 Å². The van der Waals surface area contributed by atoms with Crippen molar-refractivity contribution in [1.29, 1.82) is 0 Å². The molecule has 3 heteroatoms. The van der Waals surface area contributed by atoms with Gasteiger partial charge < -0.3 is 9.84 Å². The van der Waals surface area contributed by atoms with Gasteiger partial charge in [-0.3, -0.25) is 4.79 Å².